The molecular weight excluding hydrogens is 541 g/mol. The van der Waals surface area contributed by atoms with Crippen LogP contribution in [0.3, 0.4) is 0 Å². The minimum Gasteiger partial charge on any atom is 0 e. The second kappa shape index (κ2) is 33.4. The molecule has 0 unspecified atom stereocenters. The second-order valence-electron chi connectivity index (χ2n) is 1.07. The Morgan fingerprint density at radius 3 is 0.238 bits per heavy atom. The largest absolute Gasteiger partial charge is 0.558 e. The number of hydrogen-bond acceptors (Lipinski definition) is 0. The summed E-state index contributed by atoms with van der Waals surface area (Å²) >= 11 is 0. The van der Waals surface area contributed by atoms with Crippen molar-refractivity contribution in [3.63, 3.8) is 0 Å². The van der Waals surface area contributed by atoms with E-state index in [4.69, 9.17) is 0 Å². The molecule has 0 aromatic carbocycles. The van der Waals surface area contributed by atoms with Crippen LogP contribution in [-0.2, 0) is 19.5 Å². The van der Waals surface area contributed by atoms with Crippen molar-refractivity contribution in [3.8, 4) is 0 Å². The van der Waals surface area contributed by atoms with Crippen LogP contribution < -0.4 is 0 Å². The van der Waals surface area contributed by atoms with Crippen molar-refractivity contribution >= 4 is 44.3 Å². The summed E-state index contributed by atoms with van der Waals surface area (Å²) in [6.45, 7) is 0. The molecule has 0 heterocycles. The van der Waals surface area contributed by atoms with Crippen LogP contribution in [0.1, 0.15) is 0 Å². The molecule has 138 valence electrons. The molecule has 0 bridgehead atoms. The van der Waals surface area contributed by atoms with Crippen molar-refractivity contribution in [1.82, 2.24) is 0 Å². The summed E-state index contributed by atoms with van der Waals surface area (Å²) in [6.07, 6.45) is 0. The normalized spacial score (nSPS) is 8.57. The van der Waals surface area contributed by atoms with Crippen molar-refractivity contribution in [1.29, 1.82) is 0 Å². The zero-order valence-electron chi connectivity index (χ0n) is 8.52. The van der Waals surface area contributed by atoms with Crippen molar-refractivity contribution in [3.05, 3.63) is 0 Å². The molecule has 0 fully saturated rings. The maximum Gasteiger partial charge on any atom is 0.558 e. The van der Waals surface area contributed by atoms with Gasteiger partial charge < -0.3 is 0 Å². The van der Waals surface area contributed by atoms with Crippen molar-refractivity contribution in [2.45, 2.75) is 0 Å². The first kappa shape index (κ1) is 38.3. The van der Waals surface area contributed by atoms with E-state index in [-0.39, 0.29) is 19.5 Å². The monoisotopic (exact) mass is 547 g/mol. The Hall–Kier alpha value is 1.72. The third kappa shape index (κ3) is 2850. The molecule has 0 amide bonds. The van der Waals surface area contributed by atoms with E-state index in [0.29, 0.717) is 0 Å². The molecule has 0 rings (SSSR count). The van der Waals surface area contributed by atoms with Gasteiger partial charge in [0.1, 0.15) is 0 Å². The fourth-order valence-electron chi connectivity index (χ4n) is 0. The quantitative estimate of drug-likeness (QED) is 0.162. The summed E-state index contributed by atoms with van der Waals surface area (Å²) in [5.41, 5.74) is 0. The summed E-state index contributed by atoms with van der Waals surface area (Å²) in [7, 11) is -21.9. The molecule has 0 spiro atoms. The maximum absolute atomic E-state index is 9.77. The predicted octanol–water partition coefficient (Wildman–Crippen LogP) is 9.27. The Labute approximate surface area is 127 Å². The first-order valence-electron chi connectivity index (χ1n) is 2.83. The van der Waals surface area contributed by atoms with Crippen LogP contribution in [0.25, 0.3) is 0 Å². The first-order chi connectivity index (χ1) is 8.66. The van der Waals surface area contributed by atoms with E-state index in [9.17, 15) is 63.0 Å². The zero-order valence-corrected chi connectivity index (χ0v) is 15.3. The fraction of sp³-hybridized carbons (Fsp3) is 0. The second-order valence-corrected chi connectivity index (χ2v) is 3.21. The number of hydrogen-bond donors (Lipinski definition) is 0. The summed E-state index contributed by atoms with van der Waals surface area (Å²) in [6, 6.07) is 0. The van der Waals surface area contributed by atoms with Gasteiger partial charge in [0.2, 0.25) is 0 Å². The molecule has 0 radical (unpaired) electrons. The Bertz CT molecular complexity index is 80.6. The summed E-state index contributed by atoms with van der Waals surface area (Å²) in [4.78, 5) is 0. The first-order valence-corrected chi connectivity index (χ1v) is 8.50. The molecular formula is H5F15P5Ru+5. The van der Waals surface area contributed by atoms with Crippen LogP contribution in [0.4, 0.5) is 63.0 Å². The van der Waals surface area contributed by atoms with Crippen molar-refractivity contribution in [2.24, 2.45) is 0 Å². The summed E-state index contributed by atoms with van der Waals surface area (Å²) in [5, 5.41) is 0. The third-order valence-corrected chi connectivity index (χ3v) is 0. The van der Waals surface area contributed by atoms with E-state index >= 15 is 0 Å². The predicted molar refractivity (Wildman–Crippen MR) is 58.2 cm³/mol. The fourth-order valence-corrected chi connectivity index (χ4v) is 0. The molecule has 0 atom stereocenters. The van der Waals surface area contributed by atoms with Gasteiger partial charge in [0, 0.05) is 82.4 Å². The molecule has 0 aliphatic heterocycles. The van der Waals surface area contributed by atoms with E-state index in [1.54, 1.807) is 0 Å². The van der Waals surface area contributed by atoms with Crippen LogP contribution in [0.5, 0.6) is 0 Å². The van der Waals surface area contributed by atoms with Crippen LogP contribution >= 0.6 is 44.3 Å². The average molecular weight is 546 g/mol. The maximum atomic E-state index is 9.77. The van der Waals surface area contributed by atoms with Crippen LogP contribution in [-0.4, -0.2) is 0 Å². The smallest absolute Gasteiger partial charge is 0 e. The molecule has 0 saturated heterocycles. The minimum atomic E-state index is -4.38. The standard InChI is InChI=1S/5F3HP.Ru/c5*1-4(2)3;/h5*4H;/q5*+1;. The third-order valence-electron chi connectivity index (χ3n) is 0. The Morgan fingerprint density at radius 2 is 0.238 bits per heavy atom. The van der Waals surface area contributed by atoms with Gasteiger partial charge in [0.25, 0.3) is 0 Å². The van der Waals surface area contributed by atoms with Gasteiger partial charge in [-0.2, -0.15) is 0 Å². The van der Waals surface area contributed by atoms with Gasteiger partial charge in [-0.1, -0.05) is 0 Å². The van der Waals surface area contributed by atoms with E-state index in [1.165, 1.54) is 0 Å². The Morgan fingerprint density at radius 1 is 0.238 bits per heavy atom. The molecule has 0 aromatic heterocycles. The van der Waals surface area contributed by atoms with E-state index in [1.807, 2.05) is 0 Å². The van der Waals surface area contributed by atoms with E-state index in [0.717, 1.165) is 0 Å². The molecule has 0 N–H and O–H groups in total. The van der Waals surface area contributed by atoms with Gasteiger partial charge in [0.05, 0.1) is 0 Å². The number of halogens is 15. The van der Waals surface area contributed by atoms with Gasteiger partial charge in [-0.05, 0) is 0 Å². The van der Waals surface area contributed by atoms with Gasteiger partial charge in [-0.3, -0.25) is 0 Å². The van der Waals surface area contributed by atoms with Crippen LogP contribution in [0, 0.1) is 0 Å². The molecule has 0 saturated carbocycles. The zero-order chi connectivity index (χ0) is 17.9. The molecule has 21 heavy (non-hydrogen) atoms. The molecule has 0 aromatic rings. The Balaban J connectivity index is -0.0000000331. The van der Waals surface area contributed by atoms with E-state index < -0.39 is 44.3 Å². The molecule has 21 heteroatoms. The van der Waals surface area contributed by atoms with Gasteiger partial charge >= 0.3 is 44.3 Å². The van der Waals surface area contributed by atoms with Crippen molar-refractivity contribution in [2.75, 3.05) is 0 Å². The Kier molecular flexibility index (Phi) is 60.9. The SMILES string of the molecule is F[PH+](F)F.F[PH+](F)F.F[PH+](F)F.F[PH+](F)F.F[PH+](F)F.[Ru]. The topological polar surface area (TPSA) is 0 Å². The number of rotatable bonds is 0. The van der Waals surface area contributed by atoms with Gasteiger partial charge in [-0.25, -0.2) is 0 Å². The minimum absolute atomic E-state index is 0. The molecule has 0 nitrogen and oxygen atoms in total. The summed E-state index contributed by atoms with van der Waals surface area (Å²) in [5.74, 6) is 0. The summed E-state index contributed by atoms with van der Waals surface area (Å²) < 4.78 is 147. The van der Waals surface area contributed by atoms with Gasteiger partial charge in [-0.15, -0.1) is 0 Å². The van der Waals surface area contributed by atoms with Gasteiger partial charge in [0.15, 0.2) is 0 Å². The average Bonchev–Trinajstić information content (AvgIpc) is 1.94. The van der Waals surface area contributed by atoms with Crippen molar-refractivity contribution < 1.29 is 82.4 Å². The van der Waals surface area contributed by atoms with Crippen LogP contribution in [0.2, 0.25) is 0 Å². The van der Waals surface area contributed by atoms with Crippen LogP contribution in [0.15, 0.2) is 0 Å². The van der Waals surface area contributed by atoms with E-state index in [2.05, 4.69) is 0 Å². The molecule has 0 aliphatic rings. The molecule has 0 aliphatic carbocycles.